The monoisotopic (exact) mass is 243 g/mol. The highest BCUT2D eigenvalue weighted by Crippen LogP contribution is 2.01. The van der Waals surface area contributed by atoms with Gasteiger partial charge in [0, 0.05) is 20.2 Å². The van der Waals surface area contributed by atoms with Crippen molar-refractivity contribution in [1.82, 2.24) is 10.2 Å². The molecule has 2 unspecified atom stereocenters. The molecule has 7 heteroatoms. The lowest BCUT2D eigenvalue weighted by Crippen LogP contribution is -2.50. The largest absolute Gasteiger partial charge is 0.480 e. The molecule has 0 aromatic rings. The van der Waals surface area contributed by atoms with Crippen LogP contribution in [0.1, 0.15) is 13.3 Å². The third-order valence-corrected chi connectivity index (χ3v) is 2.30. The lowest BCUT2D eigenvalue weighted by Gasteiger charge is -2.25. The zero-order valence-electron chi connectivity index (χ0n) is 10.1. The molecule has 0 radical (unpaired) electrons. The fourth-order valence-corrected chi connectivity index (χ4v) is 1.06. The number of carboxylic acids is 1. The van der Waals surface area contributed by atoms with E-state index < -0.39 is 18.0 Å². The lowest BCUT2D eigenvalue weighted by molar-refractivity contribution is -0.140. The van der Waals surface area contributed by atoms with Crippen molar-refractivity contribution in [1.29, 1.82) is 5.26 Å². The molecule has 0 aromatic carbocycles. The van der Waals surface area contributed by atoms with Crippen LogP contribution in [0.15, 0.2) is 0 Å². The van der Waals surface area contributed by atoms with Crippen molar-refractivity contribution in [2.24, 2.45) is 0 Å². The van der Waals surface area contributed by atoms with Gasteiger partial charge in [-0.05, 0) is 6.92 Å². The number of hydrogen-bond acceptors (Lipinski definition) is 4. The first-order valence-electron chi connectivity index (χ1n) is 5.06. The molecule has 0 spiro atoms. The Hall–Kier alpha value is -1.81. The summed E-state index contributed by atoms with van der Waals surface area (Å²) in [6, 6.07) is 0.0237. The first-order chi connectivity index (χ1) is 7.93. The van der Waals surface area contributed by atoms with E-state index in [1.54, 1.807) is 6.92 Å². The number of nitrogens with one attached hydrogen (secondary N) is 1. The van der Waals surface area contributed by atoms with Crippen LogP contribution in [0.5, 0.6) is 0 Å². The minimum Gasteiger partial charge on any atom is -0.480 e. The Morgan fingerprint density at radius 3 is 2.59 bits per heavy atom. The van der Waals surface area contributed by atoms with Gasteiger partial charge in [0.05, 0.1) is 19.1 Å². The fourth-order valence-electron chi connectivity index (χ4n) is 1.06. The molecule has 0 saturated carbocycles. The maximum Gasteiger partial charge on any atom is 0.328 e. The Bertz CT molecular complexity index is 313. The SMILES string of the molecule is COCC(NC(=O)N(C)C(C)CC#N)C(=O)O. The number of rotatable bonds is 6. The third kappa shape index (κ3) is 5.17. The van der Waals surface area contributed by atoms with Gasteiger partial charge in [-0.1, -0.05) is 0 Å². The van der Waals surface area contributed by atoms with Crippen molar-refractivity contribution in [2.75, 3.05) is 20.8 Å². The molecule has 0 saturated heterocycles. The molecule has 7 nitrogen and oxygen atoms in total. The van der Waals surface area contributed by atoms with E-state index in [1.807, 2.05) is 6.07 Å². The number of nitrogens with zero attached hydrogens (tertiary/aromatic N) is 2. The second kappa shape index (κ2) is 7.46. The van der Waals surface area contributed by atoms with Crippen molar-refractivity contribution in [3.8, 4) is 6.07 Å². The first kappa shape index (κ1) is 15.2. The van der Waals surface area contributed by atoms with E-state index in [0.717, 1.165) is 0 Å². The molecule has 0 bridgehead atoms. The highest BCUT2D eigenvalue weighted by atomic mass is 16.5. The van der Waals surface area contributed by atoms with Crippen LogP contribution >= 0.6 is 0 Å². The van der Waals surface area contributed by atoms with E-state index in [2.05, 4.69) is 10.1 Å². The number of aliphatic carboxylic acids is 1. The number of carboxylic acid groups (broad SMARTS) is 1. The zero-order chi connectivity index (χ0) is 13.4. The van der Waals surface area contributed by atoms with Gasteiger partial charge in [-0.2, -0.15) is 5.26 Å². The van der Waals surface area contributed by atoms with E-state index in [9.17, 15) is 9.59 Å². The summed E-state index contributed by atoms with van der Waals surface area (Å²) in [7, 11) is 2.85. The van der Waals surface area contributed by atoms with Gasteiger partial charge in [0.2, 0.25) is 0 Å². The molecule has 0 rings (SSSR count). The summed E-state index contributed by atoms with van der Waals surface area (Å²) in [5, 5.41) is 19.6. The number of ether oxygens (including phenoxy) is 1. The molecule has 0 aliphatic carbocycles. The lowest BCUT2D eigenvalue weighted by atomic mass is 10.2. The fraction of sp³-hybridized carbons (Fsp3) is 0.700. The Balaban J connectivity index is 4.40. The van der Waals surface area contributed by atoms with Crippen molar-refractivity contribution < 1.29 is 19.4 Å². The van der Waals surface area contributed by atoms with Gasteiger partial charge in [0.15, 0.2) is 6.04 Å². The van der Waals surface area contributed by atoms with E-state index >= 15 is 0 Å². The second-order valence-corrected chi connectivity index (χ2v) is 3.62. The molecule has 2 N–H and O–H groups in total. The van der Waals surface area contributed by atoms with Crippen molar-refractivity contribution in [3.63, 3.8) is 0 Å². The van der Waals surface area contributed by atoms with Crippen LogP contribution in [0.2, 0.25) is 0 Å². The van der Waals surface area contributed by atoms with Crippen LogP contribution < -0.4 is 5.32 Å². The number of nitriles is 1. The predicted molar refractivity (Wildman–Crippen MR) is 59.3 cm³/mol. The molecule has 0 aromatic heterocycles. The van der Waals surface area contributed by atoms with E-state index in [0.29, 0.717) is 0 Å². The normalized spacial score (nSPS) is 13.3. The maximum absolute atomic E-state index is 11.6. The highest BCUT2D eigenvalue weighted by molar-refractivity contribution is 5.82. The maximum atomic E-state index is 11.6. The number of hydrogen-bond donors (Lipinski definition) is 2. The molecular weight excluding hydrogens is 226 g/mol. The second-order valence-electron chi connectivity index (χ2n) is 3.62. The molecular formula is C10H17N3O4. The van der Waals surface area contributed by atoms with Crippen molar-refractivity contribution in [2.45, 2.75) is 25.4 Å². The summed E-state index contributed by atoms with van der Waals surface area (Å²) >= 11 is 0. The average Bonchev–Trinajstić information content (AvgIpc) is 2.27. The Morgan fingerprint density at radius 2 is 2.18 bits per heavy atom. The molecule has 2 atom stereocenters. The number of methoxy groups -OCH3 is 1. The minimum absolute atomic E-state index is 0.110. The van der Waals surface area contributed by atoms with Gasteiger partial charge in [-0.25, -0.2) is 9.59 Å². The van der Waals surface area contributed by atoms with E-state index in [4.69, 9.17) is 10.4 Å². The van der Waals surface area contributed by atoms with Crippen LogP contribution in [0.4, 0.5) is 4.79 Å². The number of urea groups is 1. The minimum atomic E-state index is -1.17. The summed E-state index contributed by atoms with van der Waals surface area (Å²) in [6.45, 7) is 1.59. The molecule has 96 valence electrons. The molecule has 0 heterocycles. The molecule has 17 heavy (non-hydrogen) atoms. The first-order valence-corrected chi connectivity index (χ1v) is 5.06. The summed E-state index contributed by atoms with van der Waals surface area (Å²) in [5.41, 5.74) is 0. The third-order valence-electron chi connectivity index (χ3n) is 2.30. The smallest absolute Gasteiger partial charge is 0.328 e. The van der Waals surface area contributed by atoms with Crippen LogP contribution in [-0.4, -0.2) is 54.9 Å². The molecule has 2 amide bonds. The van der Waals surface area contributed by atoms with Crippen molar-refractivity contribution >= 4 is 12.0 Å². The Labute approximate surface area is 100.0 Å². The summed E-state index contributed by atoms with van der Waals surface area (Å²) in [5.74, 6) is -1.17. The average molecular weight is 243 g/mol. The Kier molecular flexibility index (Phi) is 6.67. The van der Waals surface area contributed by atoms with Gasteiger partial charge in [-0.3, -0.25) is 0 Å². The van der Waals surface area contributed by atoms with Crippen LogP contribution in [0.25, 0.3) is 0 Å². The van der Waals surface area contributed by atoms with Crippen molar-refractivity contribution in [3.05, 3.63) is 0 Å². The van der Waals surface area contributed by atoms with Crippen LogP contribution in [0.3, 0.4) is 0 Å². The van der Waals surface area contributed by atoms with E-state index in [-0.39, 0.29) is 19.1 Å². The van der Waals surface area contributed by atoms with Gasteiger partial charge in [-0.15, -0.1) is 0 Å². The Morgan fingerprint density at radius 1 is 1.59 bits per heavy atom. The number of amides is 2. The molecule has 0 fully saturated rings. The number of carbonyl (C=O) groups excluding carboxylic acids is 1. The van der Waals surface area contributed by atoms with Gasteiger partial charge < -0.3 is 20.1 Å². The topological polar surface area (TPSA) is 103 Å². The van der Waals surface area contributed by atoms with Crippen LogP contribution in [0, 0.1) is 11.3 Å². The molecule has 0 aliphatic heterocycles. The summed E-state index contributed by atoms with van der Waals surface area (Å²) < 4.78 is 4.69. The standard InChI is InChI=1S/C10H17N3O4/c1-7(4-5-11)13(2)10(16)12-8(6-17-3)9(14)15/h7-8H,4,6H2,1-3H3,(H,12,16)(H,14,15). The van der Waals surface area contributed by atoms with Gasteiger partial charge in [0.25, 0.3) is 0 Å². The van der Waals surface area contributed by atoms with Gasteiger partial charge >= 0.3 is 12.0 Å². The summed E-state index contributed by atoms with van der Waals surface area (Å²) in [6.07, 6.45) is 0.186. The quantitative estimate of drug-likeness (QED) is 0.685. The van der Waals surface area contributed by atoms with Gasteiger partial charge in [0.1, 0.15) is 0 Å². The zero-order valence-corrected chi connectivity index (χ0v) is 10.1. The number of carbonyl (C=O) groups is 2. The van der Waals surface area contributed by atoms with Crippen LogP contribution in [-0.2, 0) is 9.53 Å². The van der Waals surface area contributed by atoms with E-state index in [1.165, 1.54) is 19.1 Å². The predicted octanol–water partition coefficient (Wildman–Crippen LogP) is 0.0296. The molecule has 0 aliphatic rings. The summed E-state index contributed by atoms with van der Waals surface area (Å²) in [4.78, 5) is 23.7. The highest BCUT2D eigenvalue weighted by Gasteiger charge is 2.23.